The Kier molecular flexibility index (Phi) is 10.4. The number of rotatable bonds is 10. The Labute approximate surface area is 98.1 Å². The molecule has 0 aromatic carbocycles. The fourth-order valence-corrected chi connectivity index (χ4v) is 1.37. The van der Waals surface area contributed by atoms with Crippen LogP contribution in [-0.4, -0.2) is 45.3 Å². The van der Waals surface area contributed by atoms with Gasteiger partial charge in [-0.2, -0.15) is 0 Å². The lowest BCUT2D eigenvalue weighted by molar-refractivity contribution is -0.120. The molecule has 4 N–H and O–H groups in total. The molecular weight excluding hydrogens is 206 g/mol. The van der Waals surface area contributed by atoms with Crippen LogP contribution in [0.5, 0.6) is 0 Å². The zero-order chi connectivity index (χ0) is 12.2. The Morgan fingerprint density at radius 3 is 2.81 bits per heavy atom. The monoisotopic (exact) mass is 231 g/mol. The standard InChI is InChI=1S/C11H25N3O2/c1-3-7-13-11(15)8-14-10(9-16-2)5-4-6-12/h10,14H,3-9,12H2,1-2H3,(H,13,15). The Morgan fingerprint density at radius 1 is 1.50 bits per heavy atom. The summed E-state index contributed by atoms with van der Waals surface area (Å²) in [5, 5.41) is 5.99. The quantitative estimate of drug-likeness (QED) is 0.489. The number of amides is 1. The van der Waals surface area contributed by atoms with Crippen LogP contribution in [0.3, 0.4) is 0 Å². The Morgan fingerprint density at radius 2 is 2.25 bits per heavy atom. The lowest BCUT2D eigenvalue weighted by atomic mass is 10.1. The summed E-state index contributed by atoms with van der Waals surface area (Å²) in [5.74, 6) is 0.0377. The van der Waals surface area contributed by atoms with Crippen LogP contribution in [0.4, 0.5) is 0 Å². The number of carbonyl (C=O) groups is 1. The lowest BCUT2D eigenvalue weighted by Gasteiger charge is -2.17. The lowest BCUT2D eigenvalue weighted by Crippen LogP contribution is -2.41. The molecule has 96 valence electrons. The van der Waals surface area contributed by atoms with Crippen molar-refractivity contribution in [3.05, 3.63) is 0 Å². The van der Waals surface area contributed by atoms with Crippen molar-refractivity contribution in [3.63, 3.8) is 0 Å². The van der Waals surface area contributed by atoms with E-state index in [9.17, 15) is 4.79 Å². The first-order valence-corrected chi connectivity index (χ1v) is 5.93. The second-order valence-corrected chi connectivity index (χ2v) is 3.81. The van der Waals surface area contributed by atoms with Gasteiger partial charge in [0.1, 0.15) is 0 Å². The van der Waals surface area contributed by atoms with E-state index in [1.54, 1.807) is 7.11 Å². The van der Waals surface area contributed by atoms with Gasteiger partial charge in [0.2, 0.25) is 5.91 Å². The third-order valence-electron chi connectivity index (χ3n) is 2.25. The van der Waals surface area contributed by atoms with Crippen LogP contribution in [-0.2, 0) is 9.53 Å². The first-order valence-electron chi connectivity index (χ1n) is 5.93. The van der Waals surface area contributed by atoms with Gasteiger partial charge < -0.3 is 21.1 Å². The summed E-state index contributed by atoms with van der Waals surface area (Å²) >= 11 is 0. The molecule has 1 atom stereocenters. The van der Waals surface area contributed by atoms with E-state index in [-0.39, 0.29) is 11.9 Å². The maximum Gasteiger partial charge on any atom is 0.233 e. The van der Waals surface area contributed by atoms with Crippen LogP contribution in [0, 0.1) is 0 Å². The molecule has 0 fully saturated rings. The highest BCUT2D eigenvalue weighted by molar-refractivity contribution is 5.77. The second kappa shape index (κ2) is 10.9. The van der Waals surface area contributed by atoms with E-state index in [2.05, 4.69) is 10.6 Å². The van der Waals surface area contributed by atoms with Crippen LogP contribution in [0.2, 0.25) is 0 Å². The third-order valence-corrected chi connectivity index (χ3v) is 2.25. The number of hydrogen-bond donors (Lipinski definition) is 3. The molecule has 0 saturated carbocycles. The van der Waals surface area contributed by atoms with E-state index in [0.717, 1.165) is 25.8 Å². The average Bonchev–Trinajstić information content (AvgIpc) is 2.30. The summed E-state index contributed by atoms with van der Waals surface area (Å²) in [6.07, 6.45) is 2.84. The molecule has 5 heteroatoms. The van der Waals surface area contributed by atoms with Crippen LogP contribution in [0.1, 0.15) is 26.2 Å². The number of hydrogen-bond acceptors (Lipinski definition) is 4. The van der Waals surface area contributed by atoms with Gasteiger partial charge >= 0.3 is 0 Å². The Hall–Kier alpha value is -0.650. The molecule has 0 spiro atoms. The van der Waals surface area contributed by atoms with Gasteiger partial charge in [0, 0.05) is 19.7 Å². The highest BCUT2D eigenvalue weighted by atomic mass is 16.5. The minimum absolute atomic E-state index is 0.0377. The summed E-state index contributed by atoms with van der Waals surface area (Å²) in [5.41, 5.74) is 5.45. The van der Waals surface area contributed by atoms with Gasteiger partial charge in [-0.25, -0.2) is 0 Å². The van der Waals surface area contributed by atoms with Crippen molar-refractivity contribution in [2.45, 2.75) is 32.2 Å². The summed E-state index contributed by atoms with van der Waals surface area (Å²) in [7, 11) is 1.66. The van der Waals surface area contributed by atoms with Crippen molar-refractivity contribution < 1.29 is 9.53 Å². The highest BCUT2D eigenvalue weighted by Crippen LogP contribution is 1.96. The predicted molar refractivity (Wildman–Crippen MR) is 65.3 cm³/mol. The van der Waals surface area contributed by atoms with Crippen molar-refractivity contribution in [2.24, 2.45) is 5.73 Å². The predicted octanol–water partition coefficient (Wildman–Crippen LogP) is -0.144. The first kappa shape index (κ1) is 15.3. The number of nitrogens with two attached hydrogens (primary N) is 1. The van der Waals surface area contributed by atoms with E-state index < -0.39 is 0 Å². The fourth-order valence-electron chi connectivity index (χ4n) is 1.37. The van der Waals surface area contributed by atoms with Gasteiger partial charge in [0.05, 0.1) is 13.2 Å². The smallest absolute Gasteiger partial charge is 0.233 e. The van der Waals surface area contributed by atoms with Crippen molar-refractivity contribution in [2.75, 3.05) is 33.4 Å². The summed E-state index contributed by atoms with van der Waals surface area (Å²) < 4.78 is 5.08. The van der Waals surface area contributed by atoms with Gasteiger partial charge in [0.15, 0.2) is 0 Å². The van der Waals surface area contributed by atoms with Gasteiger partial charge in [0.25, 0.3) is 0 Å². The number of carbonyl (C=O) groups excluding carboxylic acids is 1. The molecule has 0 aliphatic carbocycles. The Balaban J connectivity index is 3.68. The number of methoxy groups -OCH3 is 1. The Bertz CT molecular complexity index is 177. The summed E-state index contributed by atoms with van der Waals surface area (Å²) in [4.78, 5) is 11.3. The van der Waals surface area contributed by atoms with E-state index in [4.69, 9.17) is 10.5 Å². The molecule has 0 heterocycles. The highest BCUT2D eigenvalue weighted by Gasteiger charge is 2.09. The molecule has 0 radical (unpaired) electrons. The minimum Gasteiger partial charge on any atom is -0.383 e. The van der Waals surface area contributed by atoms with Crippen molar-refractivity contribution >= 4 is 5.91 Å². The molecule has 0 bridgehead atoms. The van der Waals surface area contributed by atoms with Crippen molar-refractivity contribution in [1.82, 2.24) is 10.6 Å². The molecule has 0 aliphatic heterocycles. The SMILES string of the molecule is CCCNC(=O)CNC(CCCN)COC. The molecule has 16 heavy (non-hydrogen) atoms. The fraction of sp³-hybridized carbons (Fsp3) is 0.909. The number of nitrogens with one attached hydrogen (secondary N) is 2. The zero-order valence-corrected chi connectivity index (χ0v) is 10.4. The van der Waals surface area contributed by atoms with E-state index >= 15 is 0 Å². The molecule has 0 aromatic heterocycles. The molecule has 0 rings (SSSR count). The molecule has 0 aliphatic rings. The third kappa shape index (κ3) is 8.64. The summed E-state index contributed by atoms with van der Waals surface area (Å²) in [6, 6.07) is 0.209. The molecule has 0 aromatic rings. The maximum absolute atomic E-state index is 11.3. The maximum atomic E-state index is 11.3. The zero-order valence-electron chi connectivity index (χ0n) is 10.4. The molecular formula is C11H25N3O2. The average molecular weight is 231 g/mol. The van der Waals surface area contributed by atoms with Crippen molar-refractivity contribution in [3.8, 4) is 0 Å². The van der Waals surface area contributed by atoms with Gasteiger partial charge in [-0.15, -0.1) is 0 Å². The van der Waals surface area contributed by atoms with Gasteiger partial charge in [-0.3, -0.25) is 4.79 Å². The largest absolute Gasteiger partial charge is 0.383 e. The second-order valence-electron chi connectivity index (χ2n) is 3.81. The van der Waals surface area contributed by atoms with Crippen LogP contribution < -0.4 is 16.4 Å². The number of ether oxygens (including phenoxy) is 1. The van der Waals surface area contributed by atoms with Crippen LogP contribution in [0.15, 0.2) is 0 Å². The first-order chi connectivity index (χ1) is 7.74. The van der Waals surface area contributed by atoms with Crippen LogP contribution in [0.25, 0.3) is 0 Å². The minimum atomic E-state index is 0.0377. The molecule has 5 nitrogen and oxygen atoms in total. The van der Waals surface area contributed by atoms with E-state index in [1.807, 2.05) is 6.92 Å². The van der Waals surface area contributed by atoms with Gasteiger partial charge in [-0.1, -0.05) is 6.92 Å². The van der Waals surface area contributed by atoms with E-state index in [1.165, 1.54) is 0 Å². The molecule has 1 amide bonds. The topological polar surface area (TPSA) is 76.4 Å². The van der Waals surface area contributed by atoms with Gasteiger partial charge in [-0.05, 0) is 25.8 Å². The normalized spacial score (nSPS) is 12.4. The molecule has 1 unspecified atom stereocenters. The summed E-state index contributed by atoms with van der Waals surface area (Å²) in [6.45, 7) is 4.39. The van der Waals surface area contributed by atoms with Crippen molar-refractivity contribution in [1.29, 1.82) is 0 Å². The van der Waals surface area contributed by atoms with E-state index in [0.29, 0.717) is 19.7 Å². The molecule has 0 saturated heterocycles. The van der Waals surface area contributed by atoms with Crippen LogP contribution >= 0.6 is 0 Å².